The molecule has 1 aromatic carbocycles. The quantitative estimate of drug-likeness (QED) is 0.826. The minimum Gasteiger partial charge on any atom is -0.339 e. The first-order valence-corrected chi connectivity index (χ1v) is 10.7. The van der Waals surface area contributed by atoms with E-state index < -0.39 is 10.0 Å². The lowest BCUT2D eigenvalue weighted by atomic mass is 9.97. The fourth-order valence-corrected chi connectivity index (χ4v) is 4.45. The summed E-state index contributed by atoms with van der Waals surface area (Å²) in [6, 6.07) is 8.21. The second kappa shape index (κ2) is 8.37. The average Bonchev–Trinajstić information content (AvgIpc) is 2.69. The number of nitrogens with one attached hydrogen (secondary N) is 1. The number of benzene rings is 1. The van der Waals surface area contributed by atoms with Gasteiger partial charge in [-0.3, -0.25) is 9.78 Å². The molecule has 0 bridgehead atoms. The van der Waals surface area contributed by atoms with Crippen molar-refractivity contribution >= 4 is 27.5 Å². The Labute approximate surface area is 164 Å². The summed E-state index contributed by atoms with van der Waals surface area (Å²) in [5.41, 5.74) is 1.41. The lowest BCUT2D eigenvalue weighted by molar-refractivity contribution is 0.0691. The molecule has 3 rings (SSSR count). The zero-order valence-electron chi connectivity index (χ0n) is 15.1. The molecule has 0 atom stereocenters. The van der Waals surface area contributed by atoms with Crippen molar-refractivity contribution in [1.82, 2.24) is 14.6 Å². The third-order valence-electron chi connectivity index (χ3n) is 4.83. The monoisotopic (exact) mass is 407 g/mol. The van der Waals surface area contributed by atoms with Crippen molar-refractivity contribution in [3.05, 3.63) is 58.9 Å². The van der Waals surface area contributed by atoms with Crippen molar-refractivity contribution in [1.29, 1.82) is 0 Å². The Kier molecular flexibility index (Phi) is 6.14. The van der Waals surface area contributed by atoms with Gasteiger partial charge in [-0.2, -0.15) is 0 Å². The molecule has 1 aliphatic heterocycles. The molecule has 2 aromatic rings. The van der Waals surface area contributed by atoms with Gasteiger partial charge in [-0.25, -0.2) is 13.1 Å². The summed E-state index contributed by atoms with van der Waals surface area (Å²) >= 11 is 6.03. The normalized spacial score (nSPS) is 15.7. The number of amides is 1. The van der Waals surface area contributed by atoms with Crippen molar-refractivity contribution < 1.29 is 13.2 Å². The largest absolute Gasteiger partial charge is 0.339 e. The van der Waals surface area contributed by atoms with Crippen molar-refractivity contribution in [2.24, 2.45) is 5.92 Å². The van der Waals surface area contributed by atoms with Gasteiger partial charge in [0.25, 0.3) is 5.91 Å². The van der Waals surface area contributed by atoms with Gasteiger partial charge in [0.1, 0.15) is 0 Å². The topological polar surface area (TPSA) is 79.4 Å². The summed E-state index contributed by atoms with van der Waals surface area (Å²) < 4.78 is 27.6. The molecule has 0 spiro atoms. The second-order valence-corrected chi connectivity index (χ2v) is 8.91. The average molecular weight is 408 g/mol. The van der Waals surface area contributed by atoms with E-state index >= 15 is 0 Å². The molecule has 144 valence electrons. The number of carbonyl (C=O) groups is 1. The molecule has 1 saturated heterocycles. The third kappa shape index (κ3) is 4.86. The molecule has 1 aromatic heterocycles. The fraction of sp³-hybridized carbons (Fsp3) is 0.368. The van der Waals surface area contributed by atoms with Gasteiger partial charge in [0.15, 0.2) is 0 Å². The minimum absolute atomic E-state index is 0.0311. The second-order valence-electron chi connectivity index (χ2n) is 6.74. The number of aryl methyl sites for hydroxylation is 1. The van der Waals surface area contributed by atoms with Gasteiger partial charge >= 0.3 is 0 Å². The Balaban J connectivity index is 1.53. The van der Waals surface area contributed by atoms with Gasteiger partial charge in [0, 0.05) is 37.1 Å². The summed E-state index contributed by atoms with van der Waals surface area (Å²) in [7, 11) is -3.60. The van der Waals surface area contributed by atoms with E-state index in [-0.39, 0.29) is 16.7 Å². The van der Waals surface area contributed by atoms with Crippen molar-refractivity contribution in [3.63, 3.8) is 0 Å². The highest BCUT2D eigenvalue weighted by Gasteiger charge is 2.25. The highest BCUT2D eigenvalue weighted by molar-refractivity contribution is 7.89. The number of hydrogen-bond acceptors (Lipinski definition) is 4. The van der Waals surface area contributed by atoms with E-state index in [0.717, 1.165) is 18.4 Å². The predicted octanol–water partition coefficient (Wildman–Crippen LogP) is 2.87. The highest BCUT2D eigenvalue weighted by atomic mass is 35.5. The van der Waals surface area contributed by atoms with Gasteiger partial charge in [0.2, 0.25) is 10.0 Å². The SMILES string of the molecule is Cc1ccc(S(=O)(=O)NCC2CCN(C(=O)c3cccnc3)CC2)cc1Cl. The van der Waals surface area contributed by atoms with Crippen LogP contribution in [0.25, 0.3) is 0 Å². The van der Waals surface area contributed by atoms with Crippen LogP contribution in [-0.2, 0) is 10.0 Å². The maximum Gasteiger partial charge on any atom is 0.255 e. The van der Waals surface area contributed by atoms with Crippen LogP contribution in [-0.4, -0.2) is 43.8 Å². The van der Waals surface area contributed by atoms with Gasteiger partial charge in [-0.05, 0) is 55.5 Å². The van der Waals surface area contributed by atoms with E-state index in [4.69, 9.17) is 11.6 Å². The molecular weight excluding hydrogens is 386 g/mol. The van der Waals surface area contributed by atoms with Gasteiger partial charge < -0.3 is 4.90 Å². The zero-order valence-corrected chi connectivity index (χ0v) is 16.6. The number of pyridine rings is 1. The number of likely N-dealkylation sites (tertiary alicyclic amines) is 1. The smallest absolute Gasteiger partial charge is 0.255 e. The molecule has 1 aliphatic rings. The first-order chi connectivity index (χ1) is 12.9. The molecule has 0 unspecified atom stereocenters. The molecule has 6 nitrogen and oxygen atoms in total. The molecule has 8 heteroatoms. The van der Waals surface area contributed by atoms with E-state index in [1.165, 1.54) is 6.07 Å². The maximum atomic E-state index is 12.5. The number of carbonyl (C=O) groups excluding carboxylic acids is 1. The van der Waals surface area contributed by atoms with Crippen LogP contribution in [0.15, 0.2) is 47.6 Å². The number of hydrogen-bond donors (Lipinski definition) is 1. The number of sulfonamides is 1. The Hall–Kier alpha value is -1.96. The molecule has 27 heavy (non-hydrogen) atoms. The minimum atomic E-state index is -3.60. The molecule has 1 N–H and O–H groups in total. The Bertz CT molecular complexity index is 911. The van der Waals surface area contributed by atoms with Crippen LogP contribution >= 0.6 is 11.6 Å². The van der Waals surface area contributed by atoms with Gasteiger partial charge in [0.05, 0.1) is 10.5 Å². The van der Waals surface area contributed by atoms with E-state index in [1.54, 1.807) is 41.6 Å². The summed E-state index contributed by atoms with van der Waals surface area (Å²) in [5.74, 6) is 0.162. The van der Waals surface area contributed by atoms with E-state index in [0.29, 0.717) is 30.2 Å². The van der Waals surface area contributed by atoms with Crippen LogP contribution in [0.4, 0.5) is 0 Å². The Morgan fingerprint density at radius 2 is 2.04 bits per heavy atom. The number of piperidine rings is 1. The van der Waals surface area contributed by atoms with Crippen molar-refractivity contribution in [3.8, 4) is 0 Å². The van der Waals surface area contributed by atoms with Crippen molar-refractivity contribution in [2.45, 2.75) is 24.7 Å². The summed E-state index contributed by atoms with van der Waals surface area (Å²) in [6.45, 7) is 3.39. The van der Waals surface area contributed by atoms with E-state index in [2.05, 4.69) is 9.71 Å². The predicted molar refractivity (Wildman–Crippen MR) is 104 cm³/mol. The number of halogens is 1. The number of aromatic nitrogens is 1. The Morgan fingerprint density at radius 1 is 1.30 bits per heavy atom. The van der Waals surface area contributed by atoms with Crippen LogP contribution in [0, 0.1) is 12.8 Å². The Morgan fingerprint density at radius 3 is 2.67 bits per heavy atom. The molecule has 0 radical (unpaired) electrons. The summed E-state index contributed by atoms with van der Waals surface area (Å²) in [5, 5.41) is 0.431. The first kappa shape index (κ1) is 19.8. The zero-order chi connectivity index (χ0) is 19.4. The third-order valence-corrected chi connectivity index (χ3v) is 6.65. The molecule has 2 heterocycles. The number of rotatable bonds is 5. The molecule has 1 fully saturated rings. The summed E-state index contributed by atoms with van der Waals surface area (Å²) in [6.07, 6.45) is 4.71. The summed E-state index contributed by atoms with van der Waals surface area (Å²) in [4.78, 5) is 18.4. The van der Waals surface area contributed by atoms with Crippen LogP contribution < -0.4 is 4.72 Å². The fourth-order valence-electron chi connectivity index (χ4n) is 3.06. The van der Waals surface area contributed by atoms with E-state index in [1.807, 2.05) is 6.92 Å². The van der Waals surface area contributed by atoms with Crippen LogP contribution in [0.1, 0.15) is 28.8 Å². The van der Waals surface area contributed by atoms with Crippen LogP contribution in [0.5, 0.6) is 0 Å². The van der Waals surface area contributed by atoms with Gasteiger partial charge in [-0.1, -0.05) is 17.7 Å². The lowest BCUT2D eigenvalue weighted by Crippen LogP contribution is -2.41. The van der Waals surface area contributed by atoms with E-state index in [9.17, 15) is 13.2 Å². The van der Waals surface area contributed by atoms with Gasteiger partial charge in [-0.15, -0.1) is 0 Å². The van der Waals surface area contributed by atoms with Crippen LogP contribution in [0.2, 0.25) is 5.02 Å². The van der Waals surface area contributed by atoms with Crippen molar-refractivity contribution in [2.75, 3.05) is 19.6 Å². The first-order valence-electron chi connectivity index (χ1n) is 8.82. The van der Waals surface area contributed by atoms with Crippen LogP contribution in [0.3, 0.4) is 0 Å². The maximum absolute atomic E-state index is 12.5. The molecule has 0 saturated carbocycles. The number of nitrogens with zero attached hydrogens (tertiary/aromatic N) is 2. The lowest BCUT2D eigenvalue weighted by Gasteiger charge is -2.32. The molecule has 0 aliphatic carbocycles. The standard InChI is InChI=1S/C19H22ClN3O3S/c1-14-4-5-17(11-18(14)20)27(25,26)22-12-15-6-9-23(10-7-15)19(24)16-3-2-8-21-13-16/h2-5,8,11,13,15,22H,6-7,9-10,12H2,1H3. The molecular formula is C19H22ClN3O3S. The molecule has 1 amide bonds. The highest BCUT2D eigenvalue weighted by Crippen LogP contribution is 2.22.